The van der Waals surface area contributed by atoms with Crippen molar-refractivity contribution in [2.45, 2.75) is 56.7 Å². The average molecular weight is 302 g/mol. The molecule has 0 amide bonds. The lowest BCUT2D eigenvalue weighted by Crippen LogP contribution is -2.39. The monoisotopic (exact) mass is 302 g/mol. The molecule has 1 saturated carbocycles. The summed E-state index contributed by atoms with van der Waals surface area (Å²) in [5, 5.41) is 5.41. The fourth-order valence-corrected chi connectivity index (χ4v) is 4.62. The molecule has 1 aromatic carbocycles. The van der Waals surface area contributed by atoms with Gasteiger partial charge >= 0.3 is 0 Å². The highest BCUT2D eigenvalue weighted by Gasteiger charge is 2.26. The zero-order valence-corrected chi connectivity index (χ0v) is 13.7. The van der Waals surface area contributed by atoms with Gasteiger partial charge in [0.2, 0.25) is 0 Å². The molecule has 1 fully saturated rings. The lowest BCUT2D eigenvalue weighted by Gasteiger charge is -2.30. The van der Waals surface area contributed by atoms with E-state index >= 15 is 0 Å². The first-order chi connectivity index (χ1) is 10.4. The molecule has 3 rings (SSSR count). The minimum Gasteiger partial charge on any atom is -0.362 e. The molecule has 2 nitrogen and oxygen atoms in total. The highest BCUT2D eigenvalue weighted by Crippen LogP contribution is 2.35. The Kier molecular flexibility index (Phi) is 5.23. The fraction of sp³-hybridized carbons (Fsp3) is 0.611. The summed E-state index contributed by atoms with van der Waals surface area (Å²) in [6, 6.07) is 11.4. The second kappa shape index (κ2) is 7.35. The molecule has 2 unspecified atom stereocenters. The summed E-state index contributed by atoms with van der Waals surface area (Å²) in [5.74, 6) is 0.850. The maximum atomic E-state index is 4.74. The van der Waals surface area contributed by atoms with Crippen molar-refractivity contribution >= 4 is 16.9 Å². The molecule has 1 aliphatic carbocycles. The number of hydrogen-bond acceptors (Lipinski definition) is 3. The maximum Gasteiger partial charge on any atom is 0.157 e. The van der Waals surface area contributed by atoms with Gasteiger partial charge in [-0.3, -0.25) is 4.99 Å². The lowest BCUT2D eigenvalue weighted by molar-refractivity contribution is 0.284. The van der Waals surface area contributed by atoms with Gasteiger partial charge in [0.1, 0.15) is 0 Å². The molecule has 2 atom stereocenters. The van der Waals surface area contributed by atoms with Crippen LogP contribution in [0.5, 0.6) is 0 Å². The quantitative estimate of drug-likeness (QED) is 0.865. The predicted molar refractivity (Wildman–Crippen MR) is 92.9 cm³/mol. The van der Waals surface area contributed by atoms with Crippen LogP contribution in [0.1, 0.15) is 56.3 Å². The van der Waals surface area contributed by atoms with Crippen LogP contribution in [0.4, 0.5) is 0 Å². The van der Waals surface area contributed by atoms with Crippen LogP contribution in [-0.2, 0) is 0 Å². The van der Waals surface area contributed by atoms with Crippen molar-refractivity contribution in [1.82, 2.24) is 5.32 Å². The summed E-state index contributed by atoms with van der Waals surface area (Å²) in [5.41, 5.74) is 1.40. The van der Waals surface area contributed by atoms with E-state index in [1.165, 1.54) is 49.3 Å². The van der Waals surface area contributed by atoms with Gasteiger partial charge in [-0.2, -0.15) is 0 Å². The van der Waals surface area contributed by atoms with E-state index in [4.69, 9.17) is 4.99 Å². The Labute approximate surface area is 132 Å². The van der Waals surface area contributed by atoms with E-state index in [1.807, 2.05) is 11.8 Å². The van der Waals surface area contributed by atoms with Crippen molar-refractivity contribution in [3.63, 3.8) is 0 Å². The van der Waals surface area contributed by atoms with Gasteiger partial charge in [0, 0.05) is 6.04 Å². The Bertz CT molecular complexity index is 465. The first-order valence-corrected chi connectivity index (χ1v) is 9.27. The summed E-state index contributed by atoms with van der Waals surface area (Å²) < 4.78 is 0. The molecule has 21 heavy (non-hydrogen) atoms. The molecule has 1 N–H and O–H groups in total. The van der Waals surface area contributed by atoms with Crippen LogP contribution in [-0.4, -0.2) is 17.8 Å². The van der Waals surface area contributed by atoms with Gasteiger partial charge in [0.15, 0.2) is 5.17 Å². The van der Waals surface area contributed by atoms with Crippen molar-refractivity contribution in [1.29, 1.82) is 0 Å². The number of aliphatic imine (C=N–C) groups is 1. The molecule has 1 aromatic rings. The molecule has 1 aliphatic heterocycles. The summed E-state index contributed by atoms with van der Waals surface area (Å²) in [4.78, 5) is 4.74. The number of nitrogens with zero attached hydrogens (tertiary/aromatic N) is 1. The summed E-state index contributed by atoms with van der Waals surface area (Å²) in [7, 11) is 0. The second-order valence-corrected chi connectivity index (χ2v) is 7.41. The van der Waals surface area contributed by atoms with Crippen LogP contribution in [0.2, 0.25) is 0 Å². The van der Waals surface area contributed by atoms with Crippen LogP contribution < -0.4 is 5.32 Å². The van der Waals surface area contributed by atoms with Crippen LogP contribution in [0, 0.1) is 5.92 Å². The third-order valence-corrected chi connectivity index (χ3v) is 5.97. The predicted octanol–water partition coefficient (Wildman–Crippen LogP) is 4.78. The van der Waals surface area contributed by atoms with Gasteiger partial charge in [-0.1, -0.05) is 68.3 Å². The molecule has 0 spiro atoms. The zero-order valence-electron chi connectivity index (χ0n) is 12.9. The summed E-state index contributed by atoms with van der Waals surface area (Å²) in [6.45, 7) is 3.22. The first kappa shape index (κ1) is 15.0. The summed E-state index contributed by atoms with van der Waals surface area (Å²) >= 11 is 1.91. The van der Waals surface area contributed by atoms with E-state index in [-0.39, 0.29) is 0 Å². The normalized spacial score (nSPS) is 24.6. The van der Waals surface area contributed by atoms with E-state index in [9.17, 15) is 0 Å². The largest absolute Gasteiger partial charge is 0.362 e. The Morgan fingerprint density at radius 1 is 1.19 bits per heavy atom. The van der Waals surface area contributed by atoms with E-state index in [1.54, 1.807) is 0 Å². The second-order valence-electron chi connectivity index (χ2n) is 6.22. The third kappa shape index (κ3) is 3.82. The smallest absolute Gasteiger partial charge is 0.157 e. The first-order valence-electron chi connectivity index (χ1n) is 8.39. The number of benzene rings is 1. The maximum absolute atomic E-state index is 4.74. The standard InChI is InChI=1S/C18H26N2S/c1-2-16(14-9-5-3-6-10-14)20-18-19-13-17(21-18)15-11-7-4-8-12-15/h4,7-8,11-12,14,16-17H,2-3,5-6,9-10,13H2,1H3,(H,19,20). The average Bonchev–Trinajstić information content (AvgIpc) is 3.03. The molecule has 0 radical (unpaired) electrons. The molecule has 2 aliphatic rings. The summed E-state index contributed by atoms with van der Waals surface area (Å²) in [6.07, 6.45) is 8.25. The molecule has 0 aromatic heterocycles. The van der Waals surface area contributed by atoms with Crippen LogP contribution >= 0.6 is 11.8 Å². The molecular weight excluding hydrogens is 276 g/mol. The number of rotatable bonds is 4. The molecule has 1 heterocycles. The van der Waals surface area contributed by atoms with E-state index in [0.29, 0.717) is 11.3 Å². The number of hydrogen-bond donors (Lipinski definition) is 1. The van der Waals surface area contributed by atoms with Gasteiger partial charge in [-0.15, -0.1) is 0 Å². The van der Waals surface area contributed by atoms with Crippen LogP contribution in [0.25, 0.3) is 0 Å². The van der Waals surface area contributed by atoms with Gasteiger partial charge in [-0.25, -0.2) is 0 Å². The van der Waals surface area contributed by atoms with E-state index in [2.05, 4.69) is 42.6 Å². The highest BCUT2D eigenvalue weighted by molar-refractivity contribution is 8.14. The number of amidine groups is 1. The Balaban J connectivity index is 1.55. The Morgan fingerprint density at radius 3 is 2.67 bits per heavy atom. The minimum absolute atomic E-state index is 0.498. The Hall–Kier alpha value is -0.960. The third-order valence-electron chi connectivity index (χ3n) is 4.79. The minimum atomic E-state index is 0.498. The fourth-order valence-electron chi connectivity index (χ4n) is 3.54. The zero-order chi connectivity index (χ0) is 14.5. The van der Waals surface area contributed by atoms with Crippen molar-refractivity contribution in [3.8, 4) is 0 Å². The van der Waals surface area contributed by atoms with Gasteiger partial charge < -0.3 is 5.32 Å². The molecule has 0 bridgehead atoms. The topological polar surface area (TPSA) is 24.4 Å². The van der Waals surface area contributed by atoms with Crippen LogP contribution in [0.15, 0.2) is 35.3 Å². The Morgan fingerprint density at radius 2 is 1.95 bits per heavy atom. The van der Waals surface area contributed by atoms with Gasteiger partial charge in [-0.05, 0) is 30.7 Å². The highest BCUT2D eigenvalue weighted by atomic mass is 32.2. The number of thioether (sulfide) groups is 1. The van der Waals surface area contributed by atoms with Crippen molar-refractivity contribution in [2.75, 3.05) is 6.54 Å². The molecule has 3 heteroatoms. The van der Waals surface area contributed by atoms with Crippen molar-refractivity contribution in [3.05, 3.63) is 35.9 Å². The molecule has 0 saturated heterocycles. The molecule has 114 valence electrons. The van der Waals surface area contributed by atoms with Crippen molar-refractivity contribution in [2.24, 2.45) is 10.9 Å². The van der Waals surface area contributed by atoms with E-state index < -0.39 is 0 Å². The number of nitrogens with one attached hydrogen (secondary N) is 1. The molecular formula is C18H26N2S. The van der Waals surface area contributed by atoms with Gasteiger partial charge in [0.05, 0.1) is 11.8 Å². The van der Waals surface area contributed by atoms with E-state index in [0.717, 1.165) is 12.5 Å². The van der Waals surface area contributed by atoms with Crippen molar-refractivity contribution < 1.29 is 0 Å². The van der Waals surface area contributed by atoms with Gasteiger partial charge in [0.25, 0.3) is 0 Å². The van der Waals surface area contributed by atoms with Crippen LogP contribution in [0.3, 0.4) is 0 Å². The SMILES string of the molecule is CCC(NC1=NCC(c2ccccc2)S1)C1CCCCC1. The lowest BCUT2D eigenvalue weighted by atomic mass is 9.83.